The van der Waals surface area contributed by atoms with Gasteiger partial charge in [-0.05, 0) is 18.6 Å². The van der Waals surface area contributed by atoms with E-state index in [0.29, 0.717) is 6.42 Å². The zero-order chi connectivity index (χ0) is 13.8. The Hall–Kier alpha value is -1.88. The number of rotatable bonds is 4. The lowest BCUT2D eigenvalue weighted by molar-refractivity contribution is -0.143. The van der Waals surface area contributed by atoms with E-state index in [1.807, 2.05) is 30.3 Å². The highest BCUT2D eigenvalue weighted by Crippen LogP contribution is 2.32. The van der Waals surface area contributed by atoms with Crippen molar-refractivity contribution in [3.05, 3.63) is 30.3 Å². The largest absolute Gasteiger partial charge is 0.469 e. The van der Waals surface area contributed by atoms with Crippen molar-refractivity contribution in [2.75, 3.05) is 18.6 Å². The molecule has 0 unspecified atom stereocenters. The molecule has 1 aromatic rings. The number of amides is 1. The topological polar surface area (TPSA) is 66.8 Å². The van der Waals surface area contributed by atoms with Crippen molar-refractivity contribution in [3.8, 4) is 0 Å². The van der Waals surface area contributed by atoms with Gasteiger partial charge in [-0.2, -0.15) is 0 Å². The van der Waals surface area contributed by atoms with Gasteiger partial charge < -0.3 is 14.7 Å². The molecule has 1 aliphatic heterocycles. The van der Waals surface area contributed by atoms with Gasteiger partial charge in [0.15, 0.2) is 0 Å². The molecule has 1 N–H and O–H groups in total. The maximum Gasteiger partial charge on any atom is 0.306 e. The number of carbonyl (C=O) groups is 2. The normalized spacial score (nSPS) is 22.6. The number of hydrogen-bond acceptors (Lipinski definition) is 4. The van der Waals surface area contributed by atoms with Gasteiger partial charge in [-0.15, -0.1) is 0 Å². The number of hydrogen-bond donors (Lipinski definition) is 1. The quantitative estimate of drug-likeness (QED) is 0.822. The number of anilines is 1. The average molecular weight is 263 g/mol. The maximum atomic E-state index is 12.3. The summed E-state index contributed by atoms with van der Waals surface area (Å²) in [7, 11) is 1.31. The van der Waals surface area contributed by atoms with Crippen LogP contribution in [-0.2, 0) is 14.3 Å². The smallest absolute Gasteiger partial charge is 0.306 e. The van der Waals surface area contributed by atoms with Crippen LogP contribution in [0.1, 0.15) is 12.8 Å². The van der Waals surface area contributed by atoms with Gasteiger partial charge in [0.05, 0.1) is 32.1 Å². The molecule has 0 spiro atoms. The van der Waals surface area contributed by atoms with Gasteiger partial charge in [-0.25, -0.2) is 0 Å². The van der Waals surface area contributed by atoms with E-state index in [1.54, 1.807) is 4.90 Å². The fourth-order valence-corrected chi connectivity index (χ4v) is 2.45. The Kier molecular flexibility index (Phi) is 4.16. The summed E-state index contributed by atoms with van der Waals surface area (Å²) in [4.78, 5) is 25.2. The molecular formula is C14H17NO4. The number of aliphatic hydroxyl groups excluding tert-OH is 1. The lowest BCUT2D eigenvalue weighted by Crippen LogP contribution is -2.36. The first-order valence-corrected chi connectivity index (χ1v) is 6.23. The molecule has 2 rings (SSSR count). The predicted molar refractivity (Wildman–Crippen MR) is 69.5 cm³/mol. The van der Waals surface area contributed by atoms with Crippen molar-refractivity contribution in [2.24, 2.45) is 5.92 Å². The van der Waals surface area contributed by atoms with Crippen molar-refractivity contribution in [1.29, 1.82) is 0 Å². The Morgan fingerprint density at radius 3 is 2.68 bits per heavy atom. The van der Waals surface area contributed by atoms with E-state index < -0.39 is 11.9 Å². The van der Waals surface area contributed by atoms with Crippen LogP contribution in [0.2, 0.25) is 0 Å². The first-order valence-electron chi connectivity index (χ1n) is 6.23. The Balaban J connectivity index is 2.19. The molecule has 0 bridgehead atoms. The number of aliphatic hydroxyl groups is 1. The van der Waals surface area contributed by atoms with Crippen molar-refractivity contribution in [1.82, 2.24) is 0 Å². The van der Waals surface area contributed by atoms with Gasteiger partial charge in [0.25, 0.3) is 0 Å². The Labute approximate surface area is 111 Å². The van der Waals surface area contributed by atoms with E-state index in [2.05, 4.69) is 4.74 Å². The van der Waals surface area contributed by atoms with E-state index in [-0.39, 0.29) is 25.0 Å². The monoisotopic (exact) mass is 263 g/mol. The molecule has 5 nitrogen and oxygen atoms in total. The average Bonchev–Trinajstić information content (AvgIpc) is 2.76. The highest BCUT2D eigenvalue weighted by molar-refractivity contribution is 5.99. The fourth-order valence-electron chi connectivity index (χ4n) is 2.45. The summed E-state index contributed by atoms with van der Waals surface area (Å²) in [5.74, 6) is -0.939. The zero-order valence-corrected chi connectivity index (χ0v) is 10.8. The SMILES string of the molecule is COC(=O)C[C@@H]1C[C@@H](CO)N(c2ccccc2)C1=O. The summed E-state index contributed by atoms with van der Waals surface area (Å²) in [6.07, 6.45) is 0.536. The maximum absolute atomic E-state index is 12.3. The number of carbonyl (C=O) groups excluding carboxylic acids is 2. The molecule has 1 fully saturated rings. The lowest BCUT2D eigenvalue weighted by atomic mass is 10.0. The minimum absolute atomic E-state index is 0.0646. The van der Waals surface area contributed by atoms with Crippen LogP contribution in [0, 0.1) is 5.92 Å². The summed E-state index contributed by atoms with van der Waals surface area (Å²) in [5.41, 5.74) is 0.749. The molecule has 1 aliphatic rings. The molecule has 2 atom stereocenters. The summed E-state index contributed by atoms with van der Waals surface area (Å²) < 4.78 is 4.60. The van der Waals surface area contributed by atoms with Crippen molar-refractivity contribution in [3.63, 3.8) is 0 Å². The number of benzene rings is 1. The molecule has 1 heterocycles. The molecule has 1 saturated heterocycles. The molecular weight excluding hydrogens is 246 g/mol. The van der Waals surface area contributed by atoms with Gasteiger partial charge in [-0.3, -0.25) is 9.59 Å². The zero-order valence-electron chi connectivity index (χ0n) is 10.8. The summed E-state index contributed by atoms with van der Waals surface area (Å²) >= 11 is 0. The van der Waals surface area contributed by atoms with Crippen LogP contribution in [0.4, 0.5) is 5.69 Å². The molecule has 0 saturated carbocycles. The number of methoxy groups -OCH3 is 1. The number of nitrogens with zero attached hydrogens (tertiary/aromatic N) is 1. The van der Waals surface area contributed by atoms with Crippen LogP contribution in [0.3, 0.4) is 0 Å². The van der Waals surface area contributed by atoms with Crippen molar-refractivity contribution < 1.29 is 19.4 Å². The standard InChI is InChI=1S/C14H17NO4/c1-19-13(17)8-10-7-12(9-16)15(14(10)18)11-5-3-2-4-6-11/h2-6,10,12,16H,7-9H2,1H3/t10-,12-/m0/s1. The second-order valence-corrected chi connectivity index (χ2v) is 4.59. The van der Waals surface area contributed by atoms with Crippen LogP contribution in [0.5, 0.6) is 0 Å². The van der Waals surface area contributed by atoms with Crippen LogP contribution in [0.15, 0.2) is 30.3 Å². The third-order valence-electron chi connectivity index (χ3n) is 3.39. The third-order valence-corrected chi connectivity index (χ3v) is 3.39. The second-order valence-electron chi connectivity index (χ2n) is 4.59. The fraction of sp³-hybridized carbons (Fsp3) is 0.429. The van der Waals surface area contributed by atoms with Gasteiger partial charge in [-0.1, -0.05) is 18.2 Å². The number of para-hydroxylation sites is 1. The second kappa shape index (κ2) is 5.84. The minimum Gasteiger partial charge on any atom is -0.469 e. The first kappa shape index (κ1) is 13.5. The van der Waals surface area contributed by atoms with E-state index in [9.17, 15) is 14.7 Å². The van der Waals surface area contributed by atoms with E-state index in [1.165, 1.54) is 7.11 Å². The van der Waals surface area contributed by atoms with E-state index >= 15 is 0 Å². The van der Waals surface area contributed by atoms with Gasteiger partial charge in [0.1, 0.15) is 0 Å². The molecule has 0 radical (unpaired) electrons. The van der Waals surface area contributed by atoms with Crippen LogP contribution < -0.4 is 4.90 Å². The first-order chi connectivity index (χ1) is 9.17. The number of esters is 1. The van der Waals surface area contributed by atoms with E-state index in [0.717, 1.165) is 5.69 Å². The Morgan fingerprint density at radius 1 is 1.42 bits per heavy atom. The molecule has 5 heteroatoms. The molecule has 0 aliphatic carbocycles. The van der Waals surface area contributed by atoms with Crippen molar-refractivity contribution in [2.45, 2.75) is 18.9 Å². The molecule has 0 aromatic heterocycles. The lowest BCUT2D eigenvalue weighted by Gasteiger charge is -2.23. The Morgan fingerprint density at radius 2 is 2.11 bits per heavy atom. The van der Waals surface area contributed by atoms with Crippen LogP contribution in [-0.4, -0.2) is 36.7 Å². The highest BCUT2D eigenvalue weighted by Gasteiger charge is 2.40. The van der Waals surface area contributed by atoms with Gasteiger partial charge >= 0.3 is 5.97 Å². The highest BCUT2D eigenvalue weighted by atomic mass is 16.5. The van der Waals surface area contributed by atoms with Crippen molar-refractivity contribution >= 4 is 17.6 Å². The third kappa shape index (κ3) is 2.76. The minimum atomic E-state index is -0.412. The van der Waals surface area contributed by atoms with Crippen LogP contribution in [0.25, 0.3) is 0 Å². The summed E-state index contributed by atoms with van der Waals surface area (Å²) in [6, 6.07) is 8.91. The summed E-state index contributed by atoms with van der Waals surface area (Å²) in [6.45, 7) is -0.113. The van der Waals surface area contributed by atoms with Gasteiger partial charge in [0.2, 0.25) is 5.91 Å². The van der Waals surface area contributed by atoms with Gasteiger partial charge in [0, 0.05) is 5.69 Å². The molecule has 1 aromatic carbocycles. The number of ether oxygens (including phenoxy) is 1. The molecule has 102 valence electrons. The predicted octanol–water partition coefficient (Wildman–Crippen LogP) is 0.963. The van der Waals surface area contributed by atoms with Crippen LogP contribution >= 0.6 is 0 Å². The Bertz CT molecular complexity index is 460. The van der Waals surface area contributed by atoms with E-state index in [4.69, 9.17) is 0 Å². The molecule has 1 amide bonds. The molecule has 19 heavy (non-hydrogen) atoms. The summed E-state index contributed by atoms with van der Waals surface area (Å²) in [5, 5.41) is 9.41.